The molecule has 2 fully saturated rings. The van der Waals surface area contributed by atoms with E-state index in [0.29, 0.717) is 13.2 Å². The summed E-state index contributed by atoms with van der Waals surface area (Å²) in [5.41, 5.74) is 0. The number of benzene rings is 2. The average molecular weight is 348 g/mol. The average Bonchev–Trinajstić information content (AvgIpc) is 3.48. The largest absolute Gasteiger partial charge is 0.508 e. The molecule has 25 heavy (non-hydrogen) atoms. The van der Waals surface area contributed by atoms with Crippen LogP contribution in [-0.2, 0) is 9.47 Å². The Morgan fingerprint density at radius 3 is 1.32 bits per heavy atom. The number of hydrogen-bond acceptors (Lipinski definition) is 6. The van der Waals surface area contributed by atoms with Crippen molar-refractivity contribution in [3.63, 3.8) is 0 Å². The third-order valence-corrected chi connectivity index (χ3v) is 3.35. The maximum absolute atomic E-state index is 8.97. The van der Waals surface area contributed by atoms with Gasteiger partial charge in [-0.15, -0.1) is 0 Å². The lowest BCUT2D eigenvalue weighted by molar-refractivity contribution is 0.263. The van der Waals surface area contributed by atoms with Crippen LogP contribution in [0.2, 0.25) is 0 Å². The van der Waals surface area contributed by atoms with Crippen molar-refractivity contribution < 1.29 is 29.2 Å². The molecule has 2 N–H and O–H groups in total. The Labute approximate surface area is 147 Å². The Kier molecular flexibility index (Phi) is 6.91. The molecule has 4 rings (SSSR count). The van der Waals surface area contributed by atoms with Gasteiger partial charge in [-0.05, 0) is 48.5 Å². The van der Waals surface area contributed by atoms with Crippen molar-refractivity contribution in [2.75, 3.05) is 26.4 Å². The molecule has 2 aromatic carbocycles. The highest BCUT2D eigenvalue weighted by molar-refractivity contribution is 5.30. The SMILES string of the molecule is C.Oc1ccc(OCC2CO2)cc1.Oc1ccc(OCC2CO2)cc1. The first kappa shape index (κ1) is 18.9. The first-order valence-corrected chi connectivity index (χ1v) is 7.76. The number of epoxide rings is 2. The molecule has 2 unspecified atom stereocenters. The Morgan fingerprint density at radius 2 is 1.04 bits per heavy atom. The van der Waals surface area contributed by atoms with Crippen LogP contribution >= 0.6 is 0 Å². The van der Waals surface area contributed by atoms with Gasteiger partial charge in [-0.25, -0.2) is 0 Å². The summed E-state index contributed by atoms with van der Waals surface area (Å²) in [6.45, 7) is 2.81. The molecule has 6 nitrogen and oxygen atoms in total. The summed E-state index contributed by atoms with van der Waals surface area (Å²) in [7, 11) is 0. The van der Waals surface area contributed by atoms with Gasteiger partial charge in [0.25, 0.3) is 0 Å². The fourth-order valence-electron chi connectivity index (χ4n) is 1.79. The van der Waals surface area contributed by atoms with E-state index in [-0.39, 0.29) is 31.1 Å². The zero-order valence-corrected chi connectivity index (χ0v) is 13.1. The van der Waals surface area contributed by atoms with Crippen molar-refractivity contribution in [1.82, 2.24) is 0 Å². The molecule has 6 heteroatoms. The van der Waals surface area contributed by atoms with E-state index in [1.165, 1.54) is 0 Å². The van der Waals surface area contributed by atoms with Crippen LogP contribution in [0.1, 0.15) is 7.43 Å². The van der Waals surface area contributed by atoms with E-state index in [2.05, 4.69) is 0 Å². The van der Waals surface area contributed by atoms with Crippen LogP contribution < -0.4 is 9.47 Å². The highest BCUT2D eigenvalue weighted by Gasteiger charge is 2.23. The summed E-state index contributed by atoms with van der Waals surface area (Å²) >= 11 is 0. The number of phenols is 2. The zero-order valence-electron chi connectivity index (χ0n) is 13.1. The van der Waals surface area contributed by atoms with Crippen molar-refractivity contribution in [3.8, 4) is 23.0 Å². The first-order chi connectivity index (χ1) is 11.7. The maximum atomic E-state index is 8.97. The second-order valence-corrected chi connectivity index (χ2v) is 5.52. The zero-order chi connectivity index (χ0) is 16.8. The standard InChI is InChI=1S/2C9H10O3.CH4/c2*10-7-1-3-8(4-2-7)11-5-9-6-12-9;/h2*1-4,9-10H,5-6H2;1H4. The number of aromatic hydroxyl groups is 2. The number of ether oxygens (including phenoxy) is 4. The molecule has 0 saturated carbocycles. The topological polar surface area (TPSA) is 84.0 Å². The molecular formula is C19H24O6. The molecule has 2 aromatic rings. The van der Waals surface area contributed by atoms with Crippen molar-refractivity contribution in [2.24, 2.45) is 0 Å². The maximum Gasteiger partial charge on any atom is 0.119 e. The van der Waals surface area contributed by atoms with Crippen LogP contribution in [0.15, 0.2) is 48.5 Å². The van der Waals surface area contributed by atoms with Gasteiger partial charge in [-0.3, -0.25) is 0 Å². The van der Waals surface area contributed by atoms with E-state index < -0.39 is 0 Å². The van der Waals surface area contributed by atoms with Crippen LogP contribution in [0, 0.1) is 0 Å². The molecule has 2 atom stereocenters. The quantitative estimate of drug-likeness (QED) is 0.781. The summed E-state index contributed by atoms with van der Waals surface area (Å²) in [5, 5.41) is 17.9. The van der Waals surface area contributed by atoms with Crippen LogP contribution in [0.5, 0.6) is 23.0 Å². The minimum absolute atomic E-state index is 0. The number of phenolic OH excluding ortho intramolecular Hbond substituents is 2. The van der Waals surface area contributed by atoms with Crippen LogP contribution in [0.3, 0.4) is 0 Å². The Hall–Kier alpha value is -2.44. The third kappa shape index (κ3) is 7.32. The predicted molar refractivity (Wildman–Crippen MR) is 93.4 cm³/mol. The first-order valence-electron chi connectivity index (χ1n) is 7.76. The van der Waals surface area contributed by atoms with E-state index in [1.54, 1.807) is 48.5 Å². The predicted octanol–water partition coefficient (Wildman–Crippen LogP) is 2.98. The highest BCUT2D eigenvalue weighted by atomic mass is 16.6. The Balaban J connectivity index is 0.000000173. The van der Waals surface area contributed by atoms with E-state index in [1.807, 2.05) is 0 Å². The van der Waals surface area contributed by atoms with Gasteiger partial charge in [-0.2, -0.15) is 0 Å². The van der Waals surface area contributed by atoms with E-state index in [9.17, 15) is 0 Å². The molecule has 0 aromatic heterocycles. The lowest BCUT2D eigenvalue weighted by Crippen LogP contribution is -2.03. The van der Waals surface area contributed by atoms with Gasteiger partial charge in [0.1, 0.15) is 48.4 Å². The molecule has 136 valence electrons. The molecule has 0 bridgehead atoms. The third-order valence-electron chi connectivity index (χ3n) is 3.35. The van der Waals surface area contributed by atoms with E-state index >= 15 is 0 Å². The summed E-state index contributed by atoms with van der Waals surface area (Å²) in [4.78, 5) is 0. The Bertz CT molecular complexity index is 560. The molecule has 2 heterocycles. The van der Waals surface area contributed by atoms with Gasteiger partial charge in [0.05, 0.1) is 13.2 Å². The van der Waals surface area contributed by atoms with Crippen LogP contribution in [-0.4, -0.2) is 48.8 Å². The molecule has 0 aliphatic carbocycles. The molecule has 0 amide bonds. The van der Waals surface area contributed by atoms with Gasteiger partial charge in [0.15, 0.2) is 0 Å². The van der Waals surface area contributed by atoms with Crippen molar-refractivity contribution in [3.05, 3.63) is 48.5 Å². The van der Waals surface area contributed by atoms with Gasteiger partial charge in [0, 0.05) is 0 Å². The van der Waals surface area contributed by atoms with E-state index in [4.69, 9.17) is 29.2 Å². The molecule has 2 aliphatic heterocycles. The lowest BCUT2D eigenvalue weighted by atomic mass is 10.3. The Morgan fingerprint density at radius 1 is 0.720 bits per heavy atom. The molecule has 2 saturated heterocycles. The van der Waals surface area contributed by atoms with Gasteiger partial charge in [0.2, 0.25) is 0 Å². The molecule has 2 aliphatic rings. The van der Waals surface area contributed by atoms with Crippen molar-refractivity contribution in [2.45, 2.75) is 19.6 Å². The van der Waals surface area contributed by atoms with Crippen LogP contribution in [0.4, 0.5) is 0 Å². The molecule has 0 radical (unpaired) electrons. The summed E-state index contributed by atoms with van der Waals surface area (Å²) in [5.74, 6) is 2.04. The monoisotopic (exact) mass is 348 g/mol. The second-order valence-electron chi connectivity index (χ2n) is 5.52. The second kappa shape index (κ2) is 9.15. The highest BCUT2D eigenvalue weighted by Crippen LogP contribution is 2.19. The number of hydrogen-bond donors (Lipinski definition) is 2. The van der Waals surface area contributed by atoms with Gasteiger partial charge < -0.3 is 29.2 Å². The lowest BCUT2D eigenvalue weighted by Gasteiger charge is -2.02. The van der Waals surface area contributed by atoms with Gasteiger partial charge >= 0.3 is 0 Å². The normalized spacial score (nSPS) is 19.7. The fourth-order valence-corrected chi connectivity index (χ4v) is 1.79. The fraction of sp³-hybridized carbons (Fsp3) is 0.368. The number of rotatable bonds is 6. The summed E-state index contributed by atoms with van der Waals surface area (Å²) in [6, 6.07) is 13.3. The minimum atomic E-state index is 0. The van der Waals surface area contributed by atoms with Crippen LogP contribution in [0.25, 0.3) is 0 Å². The van der Waals surface area contributed by atoms with E-state index in [0.717, 1.165) is 24.7 Å². The van der Waals surface area contributed by atoms with Crippen molar-refractivity contribution >= 4 is 0 Å². The van der Waals surface area contributed by atoms with Crippen molar-refractivity contribution in [1.29, 1.82) is 0 Å². The molecular weight excluding hydrogens is 324 g/mol. The summed E-state index contributed by atoms with van der Waals surface area (Å²) in [6.07, 6.45) is 0.553. The molecule has 0 spiro atoms. The minimum Gasteiger partial charge on any atom is -0.508 e. The summed E-state index contributed by atoms with van der Waals surface area (Å²) < 4.78 is 20.7. The smallest absolute Gasteiger partial charge is 0.119 e. The van der Waals surface area contributed by atoms with Gasteiger partial charge in [-0.1, -0.05) is 7.43 Å².